The van der Waals surface area contributed by atoms with Gasteiger partial charge >= 0.3 is 0 Å². The van der Waals surface area contributed by atoms with E-state index >= 15 is 0 Å². The van der Waals surface area contributed by atoms with Crippen molar-refractivity contribution in [2.75, 3.05) is 23.7 Å². The summed E-state index contributed by atoms with van der Waals surface area (Å²) in [5, 5.41) is 6.66. The fraction of sp³-hybridized carbons (Fsp3) is 0.625. The van der Waals surface area contributed by atoms with E-state index in [0.717, 1.165) is 43.4 Å². The Morgan fingerprint density at radius 2 is 2.05 bits per heavy atom. The van der Waals surface area contributed by atoms with Gasteiger partial charge in [0.1, 0.15) is 5.82 Å². The van der Waals surface area contributed by atoms with Gasteiger partial charge in [0.2, 0.25) is 5.95 Å². The van der Waals surface area contributed by atoms with Gasteiger partial charge in [-0.15, -0.1) is 0 Å². The van der Waals surface area contributed by atoms with E-state index in [-0.39, 0.29) is 0 Å². The third-order valence-corrected chi connectivity index (χ3v) is 3.52. The van der Waals surface area contributed by atoms with Gasteiger partial charge < -0.3 is 10.6 Å². The minimum Gasteiger partial charge on any atom is -0.370 e. The maximum Gasteiger partial charge on any atom is 0.224 e. The van der Waals surface area contributed by atoms with E-state index in [1.165, 1.54) is 25.7 Å². The summed E-state index contributed by atoms with van der Waals surface area (Å²) in [5.74, 6) is 1.65. The zero-order valence-electron chi connectivity index (χ0n) is 12.7. The molecule has 0 fully saturated rings. The number of nitrogens with zero attached hydrogens (tertiary/aromatic N) is 2. The Bertz CT molecular complexity index is 454. The van der Waals surface area contributed by atoms with E-state index in [4.69, 9.17) is 0 Å². The Labute approximate surface area is 122 Å². The van der Waals surface area contributed by atoms with Gasteiger partial charge in [0.15, 0.2) is 0 Å². The van der Waals surface area contributed by atoms with Crippen LogP contribution >= 0.6 is 0 Å². The van der Waals surface area contributed by atoms with Crippen molar-refractivity contribution in [3.63, 3.8) is 0 Å². The van der Waals surface area contributed by atoms with E-state index in [1.54, 1.807) is 5.57 Å². The topological polar surface area (TPSA) is 49.8 Å². The zero-order valence-corrected chi connectivity index (χ0v) is 12.7. The van der Waals surface area contributed by atoms with Crippen LogP contribution in [0.1, 0.15) is 51.1 Å². The lowest BCUT2D eigenvalue weighted by Gasteiger charge is -2.13. The molecule has 0 aliphatic heterocycles. The van der Waals surface area contributed by atoms with Crippen LogP contribution in [0.4, 0.5) is 11.8 Å². The number of anilines is 2. The summed E-state index contributed by atoms with van der Waals surface area (Å²) in [6.45, 7) is 6.01. The predicted molar refractivity (Wildman–Crippen MR) is 85.2 cm³/mol. The summed E-state index contributed by atoms with van der Waals surface area (Å²) in [7, 11) is 0. The van der Waals surface area contributed by atoms with Crippen molar-refractivity contribution in [1.82, 2.24) is 9.97 Å². The van der Waals surface area contributed by atoms with Gasteiger partial charge in [0.25, 0.3) is 0 Å². The molecule has 20 heavy (non-hydrogen) atoms. The van der Waals surface area contributed by atoms with Gasteiger partial charge in [0, 0.05) is 24.8 Å². The van der Waals surface area contributed by atoms with Gasteiger partial charge in [-0.05, 0) is 45.4 Å². The molecule has 0 unspecified atom stereocenters. The summed E-state index contributed by atoms with van der Waals surface area (Å²) in [5.41, 5.74) is 2.59. The average Bonchev–Trinajstić information content (AvgIpc) is 2.46. The third kappa shape index (κ3) is 4.83. The zero-order chi connectivity index (χ0) is 14.2. The molecule has 0 spiro atoms. The molecular formula is C16H26N4. The summed E-state index contributed by atoms with van der Waals surface area (Å²) in [6, 6.07) is 2.01. The average molecular weight is 274 g/mol. The monoisotopic (exact) mass is 274 g/mol. The van der Waals surface area contributed by atoms with Crippen LogP contribution in [0, 0.1) is 6.92 Å². The van der Waals surface area contributed by atoms with Crippen molar-refractivity contribution >= 4 is 11.8 Å². The first-order chi connectivity index (χ1) is 9.78. The summed E-state index contributed by atoms with van der Waals surface area (Å²) < 4.78 is 0. The largest absolute Gasteiger partial charge is 0.370 e. The molecule has 1 aliphatic rings. The molecule has 2 rings (SSSR count). The minimum absolute atomic E-state index is 0.728. The van der Waals surface area contributed by atoms with E-state index < -0.39 is 0 Å². The molecule has 110 valence electrons. The van der Waals surface area contributed by atoms with Crippen molar-refractivity contribution in [3.05, 3.63) is 23.4 Å². The van der Waals surface area contributed by atoms with Crippen LogP contribution in [0.2, 0.25) is 0 Å². The maximum absolute atomic E-state index is 4.50. The molecule has 1 aromatic heterocycles. The van der Waals surface area contributed by atoms with Crippen LogP contribution in [0.15, 0.2) is 17.7 Å². The molecule has 0 amide bonds. The normalized spacial score (nSPS) is 14.8. The van der Waals surface area contributed by atoms with Crippen molar-refractivity contribution in [2.45, 2.75) is 52.4 Å². The molecule has 2 N–H and O–H groups in total. The second-order valence-electron chi connectivity index (χ2n) is 5.43. The van der Waals surface area contributed by atoms with Crippen LogP contribution in [0.3, 0.4) is 0 Å². The van der Waals surface area contributed by atoms with Gasteiger partial charge in [-0.3, -0.25) is 0 Å². The fourth-order valence-electron chi connectivity index (χ4n) is 2.46. The van der Waals surface area contributed by atoms with E-state index in [0.29, 0.717) is 0 Å². The Kier molecular flexibility index (Phi) is 5.84. The van der Waals surface area contributed by atoms with Crippen LogP contribution in [-0.4, -0.2) is 23.1 Å². The van der Waals surface area contributed by atoms with Gasteiger partial charge in [-0.2, -0.15) is 4.98 Å². The molecule has 0 saturated heterocycles. The summed E-state index contributed by atoms with van der Waals surface area (Å²) in [6.07, 6.45) is 9.85. The van der Waals surface area contributed by atoms with Crippen molar-refractivity contribution in [3.8, 4) is 0 Å². The number of rotatable bonds is 7. The number of nitrogens with one attached hydrogen (secondary N) is 2. The molecule has 0 atom stereocenters. The highest BCUT2D eigenvalue weighted by atomic mass is 15.1. The van der Waals surface area contributed by atoms with Crippen LogP contribution in [-0.2, 0) is 0 Å². The highest BCUT2D eigenvalue weighted by molar-refractivity contribution is 5.42. The van der Waals surface area contributed by atoms with Crippen molar-refractivity contribution < 1.29 is 0 Å². The predicted octanol–water partition coefficient (Wildman–Crippen LogP) is 3.91. The van der Waals surface area contributed by atoms with E-state index in [2.05, 4.69) is 33.6 Å². The summed E-state index contributed by atoms with van der Waals surface area (Å²) in [4.78, 5) is 8.90. The standard InChI is InChI=1S/C16H26N4/c1-3-10-18-16-19-13(2)12-15(20-16)17-11-9-14-7-5-4-6-8-14/h7,12H,3-6,8-11H2,1-2H3,(H2,17,18,19,20). The van der Waals surface area contributed by atoms with E-state index in [9.17, 15) is 0 Å². The number of allylic oxidation sites excluding steroid dienone is 1. The molecule has 1 heterocycles. The number of hydrogen-bond acceptors (Lipinski definition) is 4. The Hall–Kier alpha value is -1.58. The Balaban J connectivity index is 1.85. The van der Waals surface area contributed by atoms with Crippen molar-refractivity contribution in [2.24, 2.45) is 0 Å². The smallest absolute Gasteiger partial charge is 0.224 e. The number of aryl methyl sites for hydroxylation is 1. The molecule has 0 saturated carbocycles. The fourth-order valence-corrected chi connectivity index (χ4v) is 2.46. The van der Waals surface area contributed by atoms with Crippen LogP contribution < -0.4 is 10.6 Å². The summed E-state index contributed by atoms with van der Waals surface area (Å²) >= 11 is 0. The van der Waals surface area contributed by atoms with Crippen molar-refractivity contribution in [1.29, 1.82) is 0 Å². The van der Waals surface area contributed by atoms with Crippen LogP contribution in [0.5, 0.6) is 0 Å². The first kappa shape index (κ1) is 14.8. The molecule has 0 radical (unpaired) electrons. The van der Waals surface area contributed by atoms with Crippen LogP contribution in [0.25, 0.3) is 0 Å². The van der Waals surface area contributed by atoms with Gasteiger partial charge in [0.05, 0.1) is 0 Å². The van der Waals surface area contributed by atoms with Gasteiger partial charge in [-0.25, -0.2) is 4.98 Å². The molecule has 0 aromatic carbocycles. The maximum atomic E-state index is 4.50. The Morgan fingerprint density at radius 1 is 1.15 bits per heavy atom. The lowest BCUT2D eigenvalue weighted by molar-refractivity contribution is 0.679. The highest BCUT2D eigenvalue weighted by Gasteiger charge is 2.04. The second kappa shape index (κ2) is 7.88. The molecule has 4 nitrogen and oxygen atoms in total. The highest BCUT2D eigenvalue weighted by Crippen LogP contribution is 2.20. The second-order valence-corrected chi connectivity index (χ2v) is 5.43. The number of aromatic nitrogens is 2. The lowest BCUT2D eigenvalue weighted by Crippen LogP contribution is -2.10. The molecule has 0 bridgehead atoms. The Morgan fingerprint density at radius 3 is 2.80 bits per heavy atom. The molecule has 4 heteroatoms. The molecule has 1 aromatic rings. The van der Waals surface area contributed by atoms with E-state index in [1.807, 2.05) is 13.0 Å². The quantitative estimate of drug-likeness (QED) is 0.740. The molecular weight excluding hydrogens is 248 g/mol. The molecule has 1 aliphatic carbocycles. The third-order valence-electron chi connectivity index (χ3n) is 3.52. The first-order valence-electron chi connectivity index (χ1n) is 7.79. The SMILES string of the molecule is CCCNc1nc(C)cc(NCCC2=CCCCC2)n1. The van der Waals surface area contributed by atoms with Gasteiger partial charge in [-0.1, -0.05) is 18.6 Å². The minimum atomic E-state index is 0.728. The lowest BCUT2D eigenvalue weighted by atomic mass is 9.97. The first-order valence-corrected chi connectivity index (χ1v) is 7.79. The number of hydrogen-bond donors (Lipinski definition) is 2.